The van der Waals surface area contributed by atoms with Crippen LogP contribution in [-0.4, -0.2) is 43.1 Å². The Balaban J connectivity index is 1.55. The lowest BCUT2D eigenvalue weighted by molar-refractivity contribution is 0.276. The zero-order valence-electron chi connectivity index (χ0n) is 17.9. The second-order valence-corrected chi connectivity index (χ2v) is 7.92. The van der Waals surface area contributed by atoms with Crippen molar-refractivity contribution < 1.29 is 14.6 Å². The number of nitrogens with zero attached hydrogens (tertiary/aromatic N) is 5. The number of rotatable bonds is 7. The van der Waals surface area contributed by atoms with E-state index in [-0.39, 0.29) is 5.88 Å². The number of pyridine rings is 2. The van der Waals surface area contributed by atoms with Gasteiger partial charge in [-0.25, -0.2) is 9.97 Å². The fourth-order valence-electron chi connectivity index (χ4n) is 3.68. The molecule has 1 aliphatic carbocycles. The Kier molecular flexibility index (Phi) is 4.77. The molecule has 160 valence electrons. The van der Waals surface area contributed by atoms with Gasteiger partial charge in [-0.2, -0.15) is 5.10 Å². The minimum Gasteiger partial charge on any atom is -0.494 e. The maximum Gasteiger partial charge on any atom is 0.256 e. The summed E-state index contributed by atoms with van der Waals surface area (Å²) in [4.78, 5) is 9.20. The number of aryl methyl sites for hydroxylation is 2. The van der Waals surface area contributed by atoms with Crippen LogP contribution in [0, 0.1) is 12.8 Å². The summed E-state index contributed by atoms with van der Waals surface area (Å²) < 4.78 is 14.8. The van der Waals surface area contributed by atoms with Gasteiger partial charge < -0.3 is 14.6 Å². The molecule has 0 bridgehead atoms. The third-order valence-corrected chi connectivity index (χ3v) is 5.62. The average molecular weight is 419 g/mol. The second-order valence-electron chi connectivity index (χ2n) is 7.92. The first kappa shape index (κ1) is 19.4. The van der Waals surface area contributed by atoms with Crippen LogP contribution in [0.25, 0.3) is 28.0 Å². The van der Waals surface area contributed by atoms with Gasteiger partial charge in [-0.1, -0.05) is 0 Å². The highest BCUT2D eigenvalue weighted by atomic mass is 16.5. The SMILES string of the molecule is CCn1ccc(-n2cc3nc(-c4cnc(OC)c(OCC5CC5)c4)cc(C)c3c2O)n1. The molecule has 4 heterocycles. The van der Waals surface area contributed by atoms with Gasteiger partial charge in [-0.05, 0) is 50.3 Å². The minimum absolute atomic E-state index is 0.134. The van der Waals surface area contributed by atoms with E-state index in [4.69, 9.17) is 14.5 Å². The maximum absolute atomic E-state index is 10.8. The van der Waals surface area contributed by atoms with Crippen LogP contribution in [0.4, 0.5) is 0 Å². The molecule has 1 saturated carbocycles. The summed E-state index contributed by atoms with van der Waals surface area (Å²) in [7, 11) is 1.59. The van der Waals surface area contributed by atoms with Crippen molar-refractivity contribution in [3.8, 4) is 34.6 Å². The van der Waals surface area contributed by atoms with Crippen LogP contribution in [0.5, 0.6) is 17.5 Å². The summed E-state index contributed by atoms with van der Waals surface area (Å²) >= 11 is 0. The molecule has 1 fully saturated rings. The van der Waals surface area contributed by atoms with Gasteiger partial charge >= 0.3 is 0 Å². The molecular formula is C23H25N5O3. The molecule has 4 aromatic rings. The summed E-state index contributed by atoms with van der Waals surface area (Å²) in [6.45, 7) is 5.42. The summed E-state index contributed by atoms with van der Waals surface area (Å²) in [5, 5.41) is 16.0. The van der Waals surface area contributed by atoms with E-state index < -0.39 is 0 Å². The average Bonchev–Trinajstić information content (AvgIpc) is 3.38. The lowest BCUT2D eigenvalue weighted by Crippen LogP contribution is -2.02. The van der Waals surface area contributed by atoms with Crippen molar-refractivity contribution in [2.75, 3.05) is 13.7 Å². The number of aromatic nitrogens is 5. The Bertz CT molecular complexity index is 1260. The molecule has 0 radical (unpaired) electrons. The molecule has 0 aliphatic heterocycles. The van der Waals surface area contributed by atoms with Crippen molar-refractivity contribution >= 4 is 10.9 Å². The molecule has 0 atom stereocenters. The Hall–Kier alpha value is -3.55. The Labute approximate surface area is 180 Å². The first-order valence-corrected chi connectivity index (χ1v) is 10.5. The predicted octanol–water partition coefficient (Wildman–Crippen LogP) is 4.12. The van der Waals surface area contributed by atoms with E-state index in [1.54, 1.807) is 17.9 Å². The lowest BCUT2D eigenvalue weighted by Gasteiger charge is -2.11. The first-order valence-electron chi connectivity index (χ1n) is 10.5. The number of aromatic hydroxyl groups is 1. The quantitative estimate of drug-likeness (QED) is 0.485. The van der Waals surface area contributed by atoms with Gasteiger partial charge in [0.25, 0.3) is 5.88 Å². The Morgan fingerprint density at radius 3 is 2.81 bits per heavy atom. The van der Waals surface area contributed by atoms with E-state index >= 15 is 0 Å². The molecule has 5 rings (SSSR count). The monoisotopic (exact) mass is 419 g/mol. The van der Waals surface area contributed by atoms with Gasteiger partial charge in [0.2, 0.25) is 5.88 Å². The summed E-state index contributed by atoms with van der Waals surface area (Å²) in [5.41, 5.74) is 3.20. The van der Waals surface area contributed by atoms with Crippen LogP contribution in [0.1, 0.15) is 25.3 Å². The summed E-state index contributed by atoms with van der Waals surface area (Å²) in [6, 6.07) is 5.74. The summed E-state index contributed by atoms with van der Waals surface area (Å²) in [6.07, 6.45) is 7.85. The van der Waals surface area contributed by atoms with Crippen molar-refractivity contribution in [3.05, 3.63) is 42.4 Å². The van der Waals surface area contributed by atoms with Crippen LogP contribution >= 0.6 is 0 Å². The zero-order valence-corrected chi connectivity index (χ0v) is 17.9. The van der Waals surface area contributed by atoms with Crippen molar-refractivity contribution in [2.45, 2.75) is 33.2 Å². The molecule has 0 spiro atoms. The van der Waals surface area contributed by atoms with E-state index in [1.807, 2.05) is 49.1 Å². The minimum atomic E-state index is 0.134. The highest BCUT2D eigenvalue weighted by molar-refractivity contribution is 5.90. The lowest BCUT2D eigenvalue weighted by atomic mass is 10.1. The van der Waals surface area contributed by atoms with Crippen molar-refractivity contribution in [3.63, 3.8) is 0 Å². The van der Waals surface area contributed by atoms with Crippen molar-refractivity contribution in [2.24, 2.45) is 5.92 Å². The molecular weight excluding hydrogens is 394 g/mol. The molecule has 8 heteroatoms. The summed E-state index contributed by atoms with van der Waals surface area (Å²) in [5.74, 6) is 2.51. The molecule has 1 aliphatic rings. The first-order chi connectivity index (χ1) is 15.1. The number of methoxy groups -OCH3 is 1. The third kappa shape index (κ3) is 3.58. The van der Waals surface area contributed by atoms with E-state index in [2.05, 4.69) is 10.1 Å². The molecule has 0 saturated heterocycles. The van der Waals surface area contributed by atoms with Crippen LogP contribution in [-0.2, 0) is 6.54 Å². The topological polar surface area (TPSA) is 87.2 Å². The Morgan fingerprint density at radius 1 is 1.26 bits per heavy atom. The van der Waals surface area contributed by atoms with Gasteiger partial charge in [0.05, 0.1) is 30.3 Å². The van der Waals surface area contributed by atoms with Gasteiger partial charge in [0, 0.05) is 36.8 Å². The molecule has 4 aromatic heterocycles. The third-order valence-electron chi connectivity index (χ3n) is 5.62. The van der Waals surface area contributed by atoms with Crippen molar-refractivity contribution in [1.82, 2.24) is 24.3 Å². The van der Waals surface area contributed by atoms with Crippen LogP contribution in [0.3, 0.4) is 0 Å². The fraction of sp³-hybridized carbons (Fsp3) is 0.348. The number of hydrogen-bond acceptors (Lipinski definition) is 6. The fourth-order valence-corrected chi connectivity index (χ4v) is 3.68. The molecule has 0 unspecified atom stereocenters. The van der Waals surface area contributed by atoms with Gasteiger partial charge in [-0.15, -0.1) is 0 Å². The molecule has 1 N–H and O–H groups in total. The van der Waals surface area contributed by atoms with Crippen LogP contribution < -0.4 is 9.47 Å². The molecule has 8 nitrogen and oxygen atoms in total. The molecule has 0 amide bonds. The second kappa shape index (κ2) is 7.61. The molecule has 0 aromatic carbocycles. The highest BCUT2D eigenvalue weighted by Gasteiger charge is 2.23. The van der Waals surface area contributed by atoms with Gasteiger partial charge in [-0.3, -0.25) is 9.25 Å². The van der Waals surface area contributed by atoms with E-state index in [0.717, 1.165) is 23.4 Å². The Morgan fingerprint density at radius 2 is 2.10 bits per heavy atom. The number of hydrogen-bond donors (Lipinski definition) is 1. The van der Waals surface area contributed by atoms with E-state index in [9.17, 15) is 5.11 Å². The normalized spacial score (nSPS) is 13.6. The van der Waals surface area contributed by atoms with Crippen LogP contribution in [0.15, 0.2) is 36.8 Å². The van der Waals surface area contributed by atoms with E-state index in [0.29, 0.717) is 40.9 Å². The zero-order chi connectivity index (χ0) is 21.5. The standard InChI is InChI=1S/C23H25N5O3/c1-4-27-8-7-20(26-27)28-12-18-21(23(28)29)14(2)9-17(25-18)16-10-19(22(30-3)24-11-16)31-13-15-5-6-15/h7-12,15,29H,4-6,13H2,1-3H3. The number of fused-ring (bicyclic) bond motifs is 1. The largest absolute Gasteiger partial charge is 0.494 e. The van der Waals surface area contributed by atoms with E-state index in [1.165, 1.54) is 12.8 Å². The van der Waals surface area contributed by atoms with Gasteiger partial charge in [0.1, 0.15) is 0 Å². The smallest absolute Gasteiger partial charge is 0.256 e. The van der Waals surface area contributed by atoms with Crippen LogP contribution in [0.2, 0.25) is 0 Å². The maximum atomic E-state index is 10.8. The van der Waals surface area contributed by atoms with Gasteiger partial charge in [0.15, 0.2) is 11.6 Å². The highest BCUT2D eigenvalue weighted by Crippen LogP contribution is 2.36. The number of ether oxygens (including phenoxy) is 2. The van der Waals surface area contributed by atoms with Crippen molar-refractivity contribution in [1.29, 1.82) is 0 Å². The molecule has 31 heavy (non-hydrogen) atoms. The predicted molar refractivity (Wildman–Crippen MR) is 117 cm³/mol.